The lowest BCUT2D eigenvalue weighted by atomic mass is 9.86. The fourth-order valence-corrected chi connectivity index (χ4v) is 2.53. The topological polar surface area (TPSA) is 66.4 Å². The van der Waals surface area contributed by atoms with E-state index in [0.29, 0.717) is 24.9 Å². The molecule has 0 bridgehead atoms. The molecule has 1 rings (SSSR count). The van der Waals surface area contributed by atoms with Gasteiger partial charge in [0.25, 0.3) is 10.1 Å². The maximum absolute atomic E-state index is 10.5. The molecule has 0 aromatic rings. The van der Waals surface area contributed by atoms with Gasteiger partial charge in [0.15, 0.2) is 0 Å². The summed E-state index contributed by atoms with van der Waals surface area (Å²) in [6, 6.07) is 0.450. The van der Waals surface area contributed by atoms with Crippen LogP contribution in [0.4, 0.5) is 0 Å². The molecule has 0 aromatic heterocycles. The summed E-state index contributed by atoms with van der Waals surface area (Å²) < 4.78 is 29.5. The van der Waals surface area contributed by atoms with Crippen molar-refractivity contribution in [2.24, 2.45) is 5.92 Å². The van der Waals surface area contributed by atoms with Gasteiger partial charge in [-0.15, -0.1) is 12.3 Å². The van der Waals surface area contributed by atoms with Crippen LogP contribution in [0.5, 0.6) is 0 Å². The Balaban J connectivity index is 2.09. The fraction of sp³-hybridized carbons (Fsp3) is 0.818. The van der Waals surface area contributed by atoms with Gasteiger partial charge >= 0.3 is 0 Å². The Morgan fingerprint density at radius 2 is 1.94 bits per heavy atom. The Morgan fingerprint density at radius 3 is 2.44 bits per heavy atom. The molecule has 0 aliphatic heterocycles. The highest BCUT2D eigenvalue weighted by Crippen LogP contribution is 2.23. The maximum atomic E-state index is 10.5. The number of hydrogen-bond acceptors (Lipinski definition) is 3. The van der Waals surface area contributed by atoms with Crippen molar-refractivity contribution in [2.45, 2.75) is 38.1 Å². The van der Waals surface area contributed by atoms with Crippen molar-refractivity contribution < 1.29 is 13.0 Å². The molecule has 0 unspecified atom stereocenters. The second kappa shape index (κ2) is 6.24. The lowest BCUT2D eigenvalue weighted by Gasteiger charge is -2.26. The van der Waals surface area contributed by atoms with E-state index in [4.69, 9.17) is 11.0 Å². The van der Waals surface area contributed by atoms with Crippen molar-refractivity contribution >= 4 is 10.1 Å². The van der Waals surface area contributed by atoms with Gasteiger partial charge in [-0.3, -0.25) is 4.55 Å². The lowest BCUT2D eigenvalue weighted by Crippen LogP contribution is -2.34. The second-order valence-electron chi connectivity index (χ2n) is 4.31. The molecule has 16 heavy (non-hydrogen) atoms. The molecule has 0 aromatic carbocycles. The van der Waals surface area contributed by atoms with Gasteiger partial charge in [-0.1, -0.05) is 0 Å². The minimum Gasteiger partial charge on any atom is -0.314 e. The quantitative estimate of drug-likeness (QED) is 0.431. The average Bonchev–Trinajstić information content (AvgIpc) is 2.24. The minimum atomic E-state index is -3.81. The molecular weight excluding hydrogens is 226 g/mol. The zero-order chi connectivity index (χ0) is 12.0. The lowest BCUT2D eigenvalue weighted by molar-refractivity contribution is 0.334. The van der Waals surface area contributed by atoms with Crippen molar-refractivity contribution in [3.05, 3.63) is 0 Å². The second-order valence-corrected chi connectivity index (χ2v) is 5.88. The SMILES string of the molecule is C#CC1CCC(NCCCS(=O)(=O)O)CC1. The third-order valence-corrected chi connectivity index (χ3v) is 3.78. The number of rotatable bonds is 5. The first kappa shape index (κ1) is 13.5. The summed E-state index contributed by atoms with van der Waals surface area (Å²) in [7, 11) is -3.81. The van der Waals surface area contributed by atoms with Gasteiger partial charge in [0.2, 0.25) is 0 Å². The molecule has 0 amide bonds. The molecule has 1 saturated carbocycles. The molecule has 0 saturated heterocycles. The Kier molecular flexibility index (Phi) is 5.26. The highest BCUT2D eigenvalue weighted by Gasteiger charge is 2.18. The van der Waals surface area contributed by atoms with Crippen molar-refractivity contribution in [1.82, 2.24) is 5.32 Å². The first-order valence-corrected chi connectivity index (χ1v) is 7.27. The maximum Gasteiger partial charge on any atom is 0.264 e. The summed E-state index contributed by atoms with van der Waals surface area (Å²) in [4.78, 5) is 0. The summed E-state index contributed by atoms with van der Waals surface area (Å²) in [5.74, 6) is 3.02. The Bertz CT molecular complexity index is 337. The third-order valence-electron chi connectivity index (χ3n) is 2.97. The summed E-state index contributed by atoms with van der Waals surface area (Å²) in [6.07, 6.45) is 10.0. The molecule has 1 fully saturated rings. The van der Waals surface area contributed by atoms with E-state index in [1.807, 2.05) is 0 Å². The molecule has 2 N–H and O–H groups in total. The van der Waals surface area contributed by atoms with Crippen LogP contribution in [0, 0.1) is 18.3 Å². The van der Waals surface area contributed by atoms with Gasteiger partial charge in [-0.05, 0) is 38.6 Å². The number of terminal acetylenes is 1. The molecule has 1 aliphatic carbocycles. The molecule has 0 radical (unpaired) electrons. The van der Waals surface area contributed by atoms with Gasteiger partial charge in [0.1, 0.15) is 0 Å². The van der Waals surface area contributed by atoms with E-state index in [0.717, 1.165) is 25.7 Å². The highest BCUT2D eigenvalue weighted by atomic mass is 32.2. The summed E-state index contributed by atoms with van der Waals surface area (Å²) in [5.41, 5.74) is 0. The van der Waals surface area contributed by atoms with Gasteiger partial charge in [0, 0.05) is 12.0 Å². The van der Waals surface area contributed by atoms with Crippen LogP contribution in [-0.4, -0.2) is 31.3 Å². The van der Waals surface area contributed by atoms with E-state index < -0.39 is 10.1 Å². The van der Waals surface area contributed by atoms with Crippen molar-refractivity contribution in [1.29, 1.82) is 0 Å². The van der Waals surface area contributed by atoms with E-state index in [1.54, 1.807) is 0 Å². The first-order valence-electron chi connectivity index (χ1n) is 5.66. The van der Waals surface area contributed by atoms with E-state index in [2.05, 4.69) is 11.2 Å². The van der Waals surface area contributed by atoms with Gasteiger partial charge in [-0.2, -0.15) is 8.42 Å². The van der Waals surface area contributed by atoms with Crippen LogP contribution in [0.1, 0.15) is 32.1 Å². The molecular formula is C11H19NO3S. The Labute approximate surface area is 97.6 Å². The van der Waals surface area contributed by atoms with Gasteiger partial charge in [0.05, 0.1) is 5.75 Å². The predicted molar refractivity (Wildman–Crippen MR) is 63.6 cm³/mol. The largest absolute Gasteiger partial charge is 0.314 e. The predicted octanol–water partition coefficient (Wildman–Crippen LogP) is 1.05. The monoisotopic (exact) mass is 245 g/mol. The van der Waals surface area contributed by atoms with Crippen LogP contribution in [0.2, 0.25) is 0 Å². The standard InChI is InChI=1S/C11H19NO3S/c1-2-10-4-6-11(7-5-10)12-8-3-9-16(13,14)15/h1,10-12H,3-9H2,(H,13,14,15). The number of nitrogens with one attached hydrogen (secondary N) is 1. The van der Waals surface area contributed by atoms with Crippen molar-refractivity contribution in [3.8, 4) is 12.3 Å². The van der Waals surface area contributed by atoms with Crippen molar-refractivity contribution in [3.63, 3.8) is 0 Å². The smallest absolute Gasteiger partial charge is 0.264 e. The molecule has 0 atom stereocenters. The summed E-state index contributed by atoms with van der Waals surface area (Å²) >= 11 is 0. The van der Waals surface area contributed by atoms with E-state index >= 15 is 0 Å². The van der Waals surface area contributed by atoms with Crippen LogP contribution in [0.3, 0.4) is 0 Å². The summed E-state index contributed by atoms with van der Waals surface area (Å²) in [6.45, 7) is 0.630. The first-order chi connectivity index (χ1) is 7.51. The van der Waals surface area contributed by atoms with Gasteiger partial charge in [-0.25, -0.2) is 0 Å². The summed E-state index contributed by atoms with van der Waals surface area (Å²) in [5, 5.41) is 3.29. The van der Waals surface area contributed by atoms with E-state index in [9.17, 15) is 8.42 Å². The zero-order valence-corrected chi connectivity index (χ0v) is 10.2. The van der Waals surface area contributed by atoms with Crippen LogP contribution >= 0.6 is 0 Å². The highest BCUT2D eigenvalue weighted by molar-refractivity contribution is 7.85. The van der Waals surface area contributed by atoms with Crippen molar-refractivity contribution in [2.75, 3.05) is 12.3 Å². The Hall–Kier alpha value is -0.570. The zero-order valence-electron chi connectivity index (χ0n) is 9.35. The third kappa shape index (κ3) is 5.50. The molecule has 1 aliphatic rings. The van der Waals surface area contributed by atoms with Crippen LogP contribution in [0.15, 0.2) is 0 Å². The minimum absolute atomic E-state index is 0.167. The van der Waals surface area contributed by atoms with Crippen LogP contribution in [-0.2, 0) is 10.1 Å². The molecule has 92 valence electrons. The molecule has 4 nitrogen and oxygen atoms in total. The number of hydrogen-bond donors (Lipinski definition) is 2. The van der Waals surface area contributed by atoms with Crippen LogP contribution in [0.25, 0.3) is 0 Å². The van der Waals surface area contributed by atoms with E-state index in [1.165, 1.54) is 0 Å². The molecule has 0 heterocycles. The Morgan fingerprint density at radius 1 is 1.31 bits per heavy atom. The molecule has 5 heteroatoms. The fourth-order valence-electron chi connectivity index (χ4n) is 2.02. The normalized spacial score (nSPS) is 26.2. The van der Waals surface area contributed by atoms with Gasteiger partial charge < -0.3 is 5.32 Å². The van der Waals surface area contributed by atoms with E-state index in [-0.39, 0.29) is 5.75 Å². The molecule has 0 spiro atoms. The van der Waals surface area contributed by atoms with Crippen LogP contribution < -0.4 is 5.32 Å². The average molecular weight is 245 g/mol.